The fourth-order valence-corrected chi connectivity index (χ4v) is 9.11. The molecular formula is C58H113NO5. The standard InChI is InChI=1S/C58H113NO5/c1-3-5-7-9-11-13-15-17-19-20-21-22-23-24-26-27-30-34-38-42-46-50-56(61)55(54-60)59-57(62)51-47-43-39-35-31-29-33-37-41-45-49-53-64-58(63)52-48-44-40-36-32-28-25-18-16-14-12-10-8-6-4-2/h33,37,55-56,60-61H,3-32,34-36,38-54H2,1-2H3,(H,59,62)/b37-33-. The Bertz CT molecular complexity index is 955. The monoisotopic (exact) mass is 904 g/mol. The van der Waals surface area contributed by atoms with Crippen LogP contribution in [-0.2, 0) is 14.3 Å². The lowest BCUT2D eigenvalue weighted by Crippen LogP contribution is -2.45. The Hall–Kier alpha value is -1.40. The molecule has 6 nitrogen and oxygen atoms in total. The normalized spacial score (nSPS) is 12.6. The van der Waals surface area contributed by atoms with Crippen molar-refractivity contribution in [1.82, 2.24) is 5.32 Å². The number of aliphatic hydroxyl groups excluding tert-OH is 2. The number of aliphatic hydroxyl groups is 2. The Morgan fingerprint density at radius 1 is 0.422 bits per heavy atom. The Labute approximate surface area is 399 Å². The number of carbonyl (C=O) groups excluding carboxylic acids is 2. The minimum Gasteiger partial charge on any atom is -0.466 e. The van der Waals surface area contributed by atoms with Gasteiger partial charge in [0, 0.05) is 12.8 Å². The zero-order chi connectivity index (χ0) is 46.5. The van der Waals surface area contributed by atoms with Gasteiger partial charge in [-0.25, -0.2) is 0 Å². The third-order valence-electron chi connectivity index (χ3n) is 13.6. The number of nitrogens with one attached hydrogen (secondary N) is 1. The maximum absolute atomic E-state index is 12.5. The Kier molecular flexibility index (Phi) is 53.0. The van der Waals surface area contributed by atoms with Gasteiger partial charge in [0.15, 0.2) is 0 Å². The fourth-order valence-electron chi connectivity index (χ4n) is 9.11. The number of rotatable bonds is 54. The lowest BCUT2D eigenvalue weighted by atomic mass is 10.0. The highest BCUT2D eigenvalue weighted by Gasteiger charge is 2.20. The van der Waals surface area contributed by atoms with Gasteiger partial charge in [0.25, 0.3) is 0 Å². The molecule has 0 aliphatic rings. The first kappa shape index (κ1) is 62.6. The van der Waals surface area contributed by atoms with Gasteiger partial charge in [0.05, 0.1) is 25.4 Å². The van der Waals surface area contributed by atoms with Crippen molar-refractivity contribution in [3.8, 4) is 0 Å². The average molecular weight is 905 g/mol. The fraction of sp³-hybridized carbons (Fsp3) is 0.931. The molecule has 2 unspecified atom stereocenters. The molecule has 6 heteroatoms. The molecule has 0 spiro atoms. The van der Waals surface area contributed by atoms with Crippen LogP contribution in [0.3, 0.4) is 0 Å². The van der Waals surface area contributed by atoms with E-state index < -0.39 is 12.1 Å². The highest BCUT2D eigenvalue weighted by molar-refractivity contribution is 5.76. The molecule has 0 aliphatic carbocycles. The first-order valence-corrected chi connectivity index (χ1v) is 28.9. The molecule has 0 fully saturated rings. The summed E-state index contributed by atoms with van der Waals surface area (Å²) >= 11 is 0. The molecule has 0 bridgehead atoms. The molecule has 0 aromatic carbocycles. The summed E-state index contributed by atoms with van der Waals surface area (Å²) in [5, 5.41) is 23.3. The lowest BCUT2D eigenvalue weighted by Gasteiger charge is -2.22. The minimum absolute atomic E-state index is 0.0273. The molecule has 1 amide bonds. The van der Waals surface area contributed by atoms with E-state index in [9.17, 15) is 19.8 Å². The highest BCUT2D eigenvalue weighted by atomic mass is 16.5. The van der Waals surface area contributed by atoms with Gasteiger partial charge in [0.2, 0.25) is 5.91 Å². The summed E-state index contributed by atoms with van der Waals surface area (Å²) in [6.45, 7) is 4.90. The SMILES string of the molecule is CCCCCCCCCCCCCCCCCCCCCCCC(O)C(CO)NC(=O)CCCCCCC/C=C\CCCCOC(=O)CCCCCCCCCCCCCCCCC. The predicted octanol–water partition coefficient (Wildman–Crippen LogP) is 17.7. The third kappa shape index (κ3) is 50.0. The second-order valence-electron chi connectivity index (χ2n) is 20.0. The first-order valence-electron chi connectivity index (χ1n) is 28.9. The number of unbranched alkanes of at least 4 members (excludes halogenated alkanes) is 41. The Balaban J connectivity index is 3.49. The van der Waals surface area contributed by atoms with Crippen LogP contribution in [0, 0.1) is 0 Å². The van der Waals surface area contributed by atoms with Gasteiger partial charge < -0.3 is 20.3 Å². The molecule has 2 atom stereocenters. The summed E-state index contributed by atoms with van der Waals surface area (Å²) in [6.07, 6.45) is 63.5. The summed E-state index contributed by atoms with van der Waals surface area (Å²) in [7, 11) is 0. The van der Waals surface area contributed by atoms with Gasteiger partial charge in [-0.05, 0) is 51.4 Å². The number of carbonyl (C=O) groups is 2. The summed E-state index contributed by atoms with van der Waals surface area (Å²) in [4.78, 5) is 24.5. The Morgan fingerprint density at radius 3 is 1.11 bits per heavy atom. The molecule has 0 saturated carbocycles. The van der Waals surface area contributed by atoms with E-state index in [1.807, 2.05) is 0 Å². The maximum Gasteiger partial charge on any atom is 0.305 e. The van der Waals surface area contributed by atoms with Crippen LogP contribution in [0.5, 0.6) is 0 Å². The molecule has 3 N–H and O–H groups in total. The lowest BCUT2D eigenvalue weighted by molar-refractivity contribution is -0.143. The first-order chi connectivity index (χ1) is 31.5. The van der Waals surface area contributed by atoms with E-state index in [2.05, 4.69) is 31.3 Å². The van der Waals surface area contributed by atoms with Crippen LogP contribution in [0.25, 0.3) is 0 Å². The van der Waals surface area contributed by atoms with Crippen LogP contribution < -0.4 is 5.32 Å². The van der Waals surface area contributed by atoms with Crippen molar-refractivity contribution in [2.45, 2.75) is 334 Å². The number of hydrogen-bond acceptors (Lipinski definition) is 5. The van der Waals surface area contributed by atoms with E-state index in [1.54, 1.807) is 0 Å². The summed E-state index contributed by atoms with van der Waals surface area (Å²) in [5.41, 5.74) is 0. The molecule has 0 aromatic rings. The molecule has 0 heterocycles. The van der Waals surface area contributed by atoms with E-state index in [4.69, 9.17) is 4.74 Å². The zero-order valence-corrected chi connectivity index (χ0v) is 43.3. The van der Waals surface area contributed by atoms with Gasteiger partial charge >= 0.3 is 5.97 Å². The van der Waals surface area contributed by atoms with Crippen molar-refractivity contribution in [3.05, 3.63) is 12.2 Å². The van der Waals surface area contributed by atoms with Crippen LogP contribution in [-0.4, -0.2) is 47.4 Å². The van der Waals surface area contributed by atoms with Crippen LogP contribution in [0.15, 0.2) is 12.2 Å². The molecule has 0 saturated heterocycles. The van der Waals surface area contributed by atoms with E-state index in [1.165, 1.54) is 212 Å². The zero-order valence-electron chi connectivity index (χ0n) is 43.3. The van der Waals surface area contributed by atoms with E-state index in [-0.39, 0.29) is 18.5 Å². The van der Waals surface area contributed by atoms with Gasteiger partial charge in [-0.3, -0.25) is 9.59 Å². The van der Waals surface area contributed by atoms with Crippen LogP contribution >= 0.6 is 0 Å². The summed E-state index contributed by atoms with van der Waals surface area (Å²) in [6, 6.07) is -0.562. The molecule has 0 aromatic heterocycles. The topological polar surface area (TPSA) is 95.9 Å². The van der Waals surface area contributed by atoms with Crippen LogP contribution in [0.4, 0.5) is 0 Å². The molecular weight excluding hydrogens is 791 g/mol. The van der Waals surface area contributed by atoms with Crippen molar-refractivity contribution < 1.29 is 24.5 Å². The van der Waals surface area contributed by atoms with Gasteiger partial charge in [-0.2, -0.15) is 0 Å². The molecule has 0 rings (SSSR count). The number of amides is 1. The van der Waals surface area contributed by atoms with Gasteiger partial charge in [0.1, 0.15) is 0 Å². The Morgan fingerprint density at radius 2 is 0.734 bits per heavy atom. The summed E-state index contributed by atoms with van der Waals surface area (Å²) < 4.78 is 5.45. The molecule has 380 valence electrons. The second kappa shape index (κ2) is 54.2. The summed E-state index contributed by atoms with van der Waals surface area (Å²) in [5.74, 6) is -0.0876. The smallest absolute Gasteiger partial charge is 0.305 e. The highest BCUT2D eigenvalue weighted by Crippen LogP contribution is 2.18. The maximum atomic E-state index is 12.5. The van der Waals surface area contributed by atoms with Crippen molar-refractivity contribution in [1.29, 1.82) is 0 Å². The second-order valence-corrected chi connectivity index (χ2v) is 20.0. The largest absolute Gasteiger partial charge is 0.466 e. The van der Waals surface area contributed by atoms with E-state index in [0.29, 0.717) is 25.9 Å². The van der Waals surface area contributed by atoms with E-state index >= 15 is 0 Å². The van der Waals surface area contributed by atoms with Gasteiger partial charge in [-0.1, -0.05) is 270 Å². The molecule has 64 heavy (non-hydrogen) atoms. The van der Waals surface area contributed by atoms with Gasteiger partial charge in [-0.15, -0.1) is 0 Å². The van der Waals surface area contributed by atoms with Crippen LogP contribution in [0.2, 0.25) is 0 Å². The van der Waals surface area contributed by atoms with Crippen molar-refractivity contribution in [2.24, 2.45) is 0 Å². The average Bonchev–Trinajstić information content (AvgIpc) is 3.29. The van der Waals surface area contributed by atoms with Crippen molar-refractivity contribution >= 4 is 11.9 Å². The molecule has 0 radical (unpaired) electrons. The third-order valence-corrected chi connectivity index (χ3v) is 13.6. The van der Waals surface area contributed by atoms with E-state index in [0.717, 1.165) is 77.0 Å². The van der Waals surface area contributed by atoms with Crippen LogP contribution in [0.1, 0.15) is 322 Å². The number of allylic oxidation sites excluding steroid dienone is 2. The van der Waals surface area contributed by atoms with Crippen molar-refractivity contribution in [3.63, 3.8) is 0 Å². The number of ether oxygens (including phenoxy) is 1. The number of hydrogen-bond donors (Lipinski definition) is 3. The molecule has 0 aliphatic heterocycles. The minimum atomic E-state index is -0.682. The number of esters is 1. The predicted molar refractivity (Wildman–Crippen MR) is 278 cm³/mol. The quantitative estimate of drug-likeness (QED) is 0.0321. The van der Waals surface area contributed by atoms with Crippen molar-refractivity contribution in [2.75, 3.05) is 13.2 Å².